The first-order valence-electron chi connectivity index (χ1n) is 8.45. The van der Waals surface area contributed by atoms with Crippen LogP contribution < -0.4 is 4.74 Å². The minimum absolute atomic E-state index is 0.0467. The van der Waals surface area contributed by atoms with Crippen molar-refractivity contribution in [3.05, 3.63) is 29.8 Å². The molecule has 2 rings (SSSR count). The van der Waals surface area contributed by atoms with Crippen molar-refractivity contribution < 1.29 is 14.6 Å². The number of hydrogen-bond acceptors (Lipinski definition) is 4. The van der Waals surface area contributed by atoms with Crippen molar-refractivity contribution >= 4 is 5.91 Å². The number of aliphatic hydroxyl groups is 1. The highest BCUT2D eigenvalue weighted by Crippen LogP contribution is 2.35. The number of hydrogen-bond donors (Lipinski definition) is 1. The van der Waals surface area contributed by atoms with Crippen molar-refractivity contribution in [1.29, 1.82) is 5.26 Å². The summed E-state index contributed by atoms with van der Waals surface area (Å²) in [4.78, 5) is 14.6. The van der Waals surface area contributed by atoms with Crippen LogP contribution in [0.1, 0.15) is 45.6 Å². The van der Waals surface area contributed by atoms with E-state index in [1.165, 1.54) is 0 Å². The van der Waals surface area contributed by atoms with E-state index in [1.807, 2.05) is 4.90 Å². The van der Waals surface area contributed by atoms with Gasteiger partial charge in [-0.2, -0.15) is 5.26 Å². The Morgan fingerprint density at radius 1 is 1.33 bits per heavy atom. The number of benzene rings is 1. The van der Waals surface area contributed by atoms with Crippen LogP contribution in [0.4, 0.5) is 0 Å². The van der Waals surface area contributed by atoms with Gasteiger partial charge < -0.3 is 14.7 Å². The zero-order chi connectivity index (χ0) is 17.8. The van der Waals surface area contributed by atoms with Gasteiger partial charge in [0.25, 0.3) is 5.91 Å². The summed E-state index contributed by atoms with van der Waals surface area (Å²) < 4.78 is 5.87. The van der Waals surface area contributed by atoms with Gasteiger partial charge in [0.15, 0.2) is 5.60 Å². The number of aliphatic hydroxyl groups excluding tert-OH is 1. The van der Waals surface area contributed by atoms with Crippen LogP contribution in [0, 0.1) is 16.7 Å². The Kier molecular flexibility index (Phi) is 5.51. The third kappa shape index (κ3) is 3.88. The van der Waals surface area contributed by atoms with Crippen molar-refractivity contribution in [2.75, 3.05) is 19.7 Å². The SMILES string of the molecule is CCC1(CO)CCN(C(=O)C(C)(C)Oc2ccc(C#N)cc2)CC1. The summed E-state index contributed by atoms with van der Waals surface area (Å²) in [7, 11) is 0. The summed E-state index contributed by atoms with van der Waals surface area (Å²) in [6.45, 7) is 7.09. The summed E-state index contributed by atoms with van der Waals surface area (Å²) in [6.07, 6.45) is 2.56. The molecule has 1 fully saturated rings. The minimum atomic E-state index is -0.973. The molecule has 5 nitrogen and oxygen atoms in total. The normalized spacial score (nSPS) is 17.2. The third-order valence-corrected chi connectivity index (χ3v) is 5.07. The Morgan fingerprint density at radius 2 is 1.92 bits per heavy atom. The number of amides is 1. The molecule has 5 heteroatoms. The zero-order valence-electron chi connectivity index (χ0n) is 14.7. The highest BCUT2D eigenvalue weighted by Gasteiger charge is 2.39. The number of ether oxygens (including phenoxy) is 1. The van der Waals surface area contributed by atoms with Gasteiger partial charge in [0.05, 0.1) is 11.6 Å². The minimum Gasteiger partial charge on any atom is -0.478 e. The summed E-state index contributed by atoms with van der Waals surface area (Å²) in [5, 5.41) is 18.4. The monoisotopic (exact) mass is 330 g/mol. The van der Waals surface area contributed by atoms with Gasteiger partial charge >= 0.3 is 0 Å². The zero-order valence-corrected chi connectivity index (χ0v) is 14.7. The Bertz CT molecular complexity index is 602. The second kappa shape index (κ2) is 7.23. The highest BCUT2D eigenvalue weighted by atomic mass is 16.5. The van der Waals surface area contributed by atoms with E-state index in [-0.39, 0.29) is 17.9 Å². The number of carbonyl (C=O) groups excluding carboxylic acids is 1. The number of likely N-dealkylation sites (tertiary alicyclic amines) is 1. The maximum atomic E-state index is 12.8. The predicted octanol–water partition coefficient (Wildman–Crippen LogP) is 2.73. The maximum absolute atomic E-state index is 12.8. The first kappa shape index (κ1) is 18.3. The molecular formula is C19H26N2O3. The van der Waals surface area contributed by atoms with Crippen molar-refractivity contribution in [2.24, 2.45) is 5.41 Å². The average molecular weight is 330 g/mol. The number of nitrogens with zero attached hydrogens (tertiary/aromatic N) is 2. The molecule has 1 aliphatic heterocycles. The van der Waals surface area contributed by atoms with Gasteiger partial charge in [-0.15, -0.1) is 0 Å². The lowest BCUT2D eigenvalue weighted by Gasteiger charge is -2.42. The first-order valence-corrected chi connectivity index (χ1v) is 8.45. The van der Waals surface area contributed by atoms with Crippen LogP contribution in [-0.2, 0) is 4.79 Å². The molecule has 1 aliphatic rings. The third-order valence-electron chi connectivity index (χ3n) is 5.07. The van der Waals surface area contributed by atoms with Gasteiger partial charge in [0.1, 0.15) is 5.75 Å². The van der Waals surface area contributed by atoms with Crippen LogP contribution in [0.5, 0.6) is 5.75 Å². The molecule has 0 bridgehead atoms. The molecule has 0 spiro atoms. The Hall–Kier alpha value is -2.06. The molecule has 1 N–H and O–H groups in total. The number of rotatable bonds is 5. The summed E-state index contributed by atoms with van der Waals surface area (Å²) in [6, 6.07) is 8.82. The Morgan fingerprint density at radius 3 is 2.38 bits per heavy atom. The average Bonchev–Trinajstić information content (AvgIpc) is 2.61. The van der Waals surface area contributed by atoms with Gasteiger partial charge in [-0.25, -0.2) is 0 Å². The van der Waals surface area contributed by atoms with Gasteiger partial charge in [0, 0.05) is 19.7 Å². The smallest absolute Gasteiger partial charge is 0.266 e. The fraction of sp³-hybridized carbons (Fsp3) is 0.579. The van der Waals surface area contributed by atoms with Gasteiger partial charge in [0.2, 0.25) is 0 Å². The van der Waals surface area contributed by atoms with E-state index >= 15 is 0 Å². The van der Waals surface area contributed by atoms with Crippen LogP contribution in [0.15, 0.2) is 24.3 Å². The second-order valence-corrected chi connectivity index (χ2v) is 7.05. The predicted molar refractivity (Wildman–Crippen MR) is 91.5 cm³/mol. The number of nitriles is 1. The molecule has 1 heterocycles. The van der Waals surface area contributed by atoms with E-state index in [9.17, 15) is 9.90 Å². The lowest BCUT2D eigenvalue weighted by molar-refractivity contribution is -0.148. The van der Waals surface area contributed by atoms with E-state index in [4.69, 9.17) is 10.00 Å². The Labute approximate surface area is 143 Å². The van der Waals surface area contributed by atoms with Crippen molar-refractivity contribution in [3.8, 4) is 11.8 Å². The van der Waals surface area contributed by atoms with Gasteiger partial charge in [-0.1, -0.05) is 6.92 Å². The van der Waals surface area contributed by atoms with Crippen LogP contribution in [0.3, 0.4) is 0 Å². The van der Waals surface area contributed by atoms with Crippen molar-refractivity contribution in [2.45, 2.75) is 45.6 Å². The van der Waals surface area contributed by atoms with Gasteiger partial charge in [-0.05, 0) is 62.8 Å². The van der Waals surface area contributed by atoms with E-state index in [0.717, 1.165) is 19.3 Å². The lowest BCUT2D eigenvalue weighted by Crippen LogP contribution is -2.53. The number of carbonyl (C=O) groups is 1. The van der Waals surface area contributed by atoms with Crippen LogP contribution in [0.25, 0.3) is 0 Å². The second-order valence-electron chi connectivity index (χ2n) is 7.05. The molecule has 24 heavy (non-hydrogen) atoms. The van der Waals surface area contributed by atoms with E-state index in [0.29, 0.717) is 24.4 Å². The summed E-state index contributed by atoms with van der Waals surface area (Å²) in [5.74, 6) is 0.525. The standard InChI is InChI=1S/C19H26N2O3/c1-4-19(14-22)9-11-21(12-10-19)17(23)18(2,3)24-16-7-5-15(13-20)6-8-16/h5-8,22H,4,9-12,14H2,1-3H3. The largest absolute Gasteiger partial charge is 0.478 e. The van der Waals surface area contributed by atoms with E-state index in [2.05, 4.69) is 13.0 Å². The highest BCUT2D eigenvalue weighted by molar-refractivity contribution is 5.85. The molecule has 0 unspecified atom stereocenters. The first-order chi connectivity index (χ1) is 11.4. The van der Waals surface area contributed by atoms with Crippen molar-refractivity contribution in [1.82, 2.24) is 4.90 Å². The van der Waals surface area contributed by atoms with Crippen LogP contribution >= 0.6 is 0 Å². The number of piperidine rings is 1. The molecule has 1 aromatic carbocycles. The van der Waals surface area contributed by atoms with Crippen LogP contribution in [-0.4, -0.2) is 41.2 Å². The molecule has 130 valence electrons. The molecular weight excluding hydrogens is 304 g/mol. The van der Waals surface area contributed by atoms with Crippen molar-refractivity contribution in [3.63, 3.8) is 0 Å². The maximum Gasteiger partial charge on any atom is 0.266 e. The summed E-state index contributed by atoms with van der Waals surface area (Å²) in [5.41, 5.74) is -0.462. The summed E-state index contributed by atoms with van der Waals surface area (Å²) >= 11 is 0. The van der Waals surface area contributed by atoms with Gasteiger partial charge in [-0.3, -0.25) is 4.79 Å². The molecule has 0 aliphatic carbocycles. The molecule has 1 aromatic rings. The lowest BCUT2D eigenvalue weighted by atomic mass is 9.77. The topological polar surface area (TPSA) is 73.6 Å². The van der Waals surface area contributed by atoms with E-state index in [1.54, 1.807) is 38.1 Å². The quantitative estimate of drug-likeness (QED) is 0.901. The molecule has 1 amide bonds. The molecule has 0 atom stereocenters. The molecule has 1 saturated heterocycles. The van der Waals surface area contributed by atoms with E-state index < -0.39 is 5.60 Å². The molecule has 0 radical (unpaired) electrons. The fourth-order valence-electron chi connectivity index (χ4n) is 3.12. The molecule has 0 aromatic heterocycles. The van der Waals surface area contributed by atoms with Crippen LogP contribution in [0.2, 0.25) is 0 Å². The Balaban J connectivity index is 2.01. The molecule has 0 saturated carbocycles. The fourth-order valence-corrected chi connectivity index (χ4v) is 3.12.